The summed E-state index contributed by atoms with van der Waals surface area (Å²) in [5.41, 5.74) is 4.95. The summed E-state index contributed by atoms with van der Waals surface area (Å²) in [5, 5.41) is 6.52. The molecule has 0 saturated heterocycles. The number of nitrogens with one attached hydrogen (secondary N) is 2. The van der Waals surface area contributed by atoms with Crippen LogP contribution < -0.4 is 15.6 Å². The van der Waals surface area contributed by atoms with Crippen molar-refractivity contribution in [2.75, 3.05) is 19.0 Å². The SMILES string of the molecule is CN(C)c1ccc(/C=C(\NC(=O)c2cccc(F)c2)C(=O)N/N=C\c2ccc(Br)cc2)cc1. The molecule has 0 atom stereocenters. The summed E-state index contributed by atoms with van der Waals surface area (Å²) >= 11 is 3.36. The molecule has 3 aromatic rings. The molecule has 0 unspecified atom stereocenters. The van der Waals surface area contributed by atoms with Crippen LogP contribution in [0.15, 0.2) is 88.1 Å². The van der Waals surface area contributed by atoms with Crippen LogP contribution in [0.4, 0.5) is 10.1 Å². The van der Waals surface area contributed by atoms with Crippen molar-refractivity contribution in [3.63, 3.8) is 0 Å². The van der Waals surface area contributed by atoms with E-state index in [1.54, 1.807) is 0 Å². The molecule has 6 nitrogen and oxygen atoms in total. The molecule has 0 aliphatic carbocycles. The quantitative estimate of drug-likeness (QED) is 0.278. The standard InChI is InChI=1S/C25H22BrFN4O2/c1-31(2)22-12-8-17(9-13-22)14-23(29-24(32)19-4-3-5-21(27)15-19)25(33)30-28-16-18-6-10-20(26)11-7-18/h3-16H,1-2H3,(H,29,32)(H,30,33)/b23-14-,28-16-. The second-order valence-corrected chi connectivity index (χ2v) is 8.17. The Labute approximate surface area is 199 Å². The largest absolute Gasteiger partial charge is 0.378 e. The van der Waals surface area contributed by atoms with E-state index >= 15 is 0 Å². The maximum Gasteiger partial charge on any atom is 0.287 e. The Morgan fingerprint density at radius 3 is 2.27 bits per heavy atom. The lowest BCUT2D eigenvalue weighted by molar-refractivity contribution is -0.117. The van der Waals surface area contributed by atoms with E-state index in [4.69, 9.17) is 0 Å². The summed E-state index contributed by atoms with van der Waals surface area (Å²) in [6.45, 7) is 0. The van der Waals surface area contributed by atoms with Gasteiger partial charge in [0.1, 0.15) is 11.5 Å². The van der Waals surface area contributed by atoms with Gasteiger partial charge in [-0.1, -0.05) is 46.3 Å². The van der Waals surface area contributed by atoms with Crippen molar-refractivity contribution in [2.45, 2.75) is 0 Å². The van der Waals surface area contributed by atoms with Crippen molar-refractivity contribution >= 4 is 45.7 Å². The molecule has 8 heteroatoms. The van der Waals surface area contributed by atoms with E-state index in [1.165, 1.54) is 30.5 Å². The molecule has 3 aromatic carbocycles. The Bertz CT molecular complexity index is 1190. The predicted molar refractivity (Wildman–Crippen MR) is 132 cm³/mol. The zero-order valence-electron chi connectivity index (χ0n) is 18.0. The molecular weight excluding hydrogens is 487 g/mol. The number of carbonyl (C=O) groups excluding carboxylic acids is 2. The number of hydrogen-bond donors (Lipinski definition) is 2. The molecular formula is C25H22BrFN4O2. The van der Waals surface area contributed by atoms with Crippen molar-refractivity contribution in [1.82, 2.24) is 10.7 Å². The first-order valence-electron chi connectivity index (χ1n) is 9.97. The van der Waals surface area contributed by atoms with Crippen LogP contribution >= 0.6 is 15.9 Å². The van der Waals surface area contributed by atoms with Crippen molar-refractivity contribution in [1.29, 1.82) is 0 Å². The van der Waals surface area contributed by atoms with Crippen LogP contribution in [0.1, 0.15) is 21.5 Å². The number of halogens is 2. The van der Waals surface area contributed by atoms with E-state index in [1.807, 2.05) is 67.5 Å². The maximum absolute atomic E-state index is 13.5. The fourth-order valence-electron chi connectivity index (χ4n) is 2.79. The highest BCUT2D eigenvalue weighted by molar-refractivity contribution is 9.10. The van der Waals surface area contributed by atoms with Gasteiger partial charge in [-0.3, -0.25) is 9.59 Å². The van der Waals surface area contributed by atoms with Crippen LogP contribution in [0.25, 0.3) is 6.08 Å². The van der Waals surface area contributed by atoms with E-state index in [0.29, 0.717) is 5.56 Å². The summed E-state index contributed by atoms with van der Waals surface area (Å²) in [6.07, 6.45) is 3.02. The minimum Gasteiger partial charge on any atom is -0.378 e. The van der Waals surface area contributed by atoms with Crippen LogP contribution in [-0.4, -0.2) is 32.1 Å². The lowest BCUT2D eigenvalue weighted by Crippen LogP contribution is -2.32. The van der Waals surface area contributed by atoms with Gasteiger partial charge in [0.25, 0.3) is 11.8 Å². The highest BCUT2D eigenvalue weighted by atomic mass is 79.9. The summed E-state index contributed by atoms with van der Waals surface area (Å²) in [5.74, 6) is -1.78. The van der Waals surface area contributed by atoms with Crippen LogP contribution in [0.5, 0.6) is 0 Å². The molecule has 0 aliphatic rings. The minimum absolute atomic E-state index is 0.0326. The number of rotatable bonds is 7. The zero-order valence-corrected chi connectivity index (χ0v) is 19.6. The average molecular weight is 509 g/mol. The van der Waals surface area contributed by atoms with Crippen LogP contribution in [-0.2, 0) is 4.79 Å². The number of anilines is 1. The Morgan fingerprint density at radius 1 is 0.970 bits per heavy atom. The number of amides is 2. The van der Waals surface area contributed by atoms with Crippen LogP contribution in [0.2, 0.25) is 0 Å². The van der Waals surface area contributed by atoms with Gasteiger partial charge in [-0.05, 0) is 59.7 Å². The first kappa shape index (κ1) is 23.9. The van der Waals surface area contributed by atoms with E-state index in [9.17, 15) is 14.0 Å². The number of hydrazone groups is 1. The molecule has 33 heavy (non-hydrogen) atoms. The molecule has 0 bridgehead atoms. The summed E-state index contributed by atoms with van der Waals surface area (Å²) < 4.78 is 14.5. The van der Waals surface area contributed by atoms with Crippen molar-refractivity contribution in [3.8, 4) is 0 Å². The van der Waals surface area contributed by atoms with E-state index in [0.717, 1.165) is 21.8 Å². The second kappa shape index (κ2) is 11.2. The summed E-state index contributed by atoms with van der Waals surface area (Å²) in [4.78, 5) is 27.4. The number of carbonyl (C=O) groups is 2. The molecule has 0 spiro atoms. The monoisotopic (exact) mass is 508 g/mol. The molecule has 0 radical (unpaired) electrons. The Morgan fingerprint density at radius 2 is 1.64 bits per heavy atom. The van der Waals surface area contributed by atoms with Gasteiger partial charge in [-0.2, -0.15) is 5.10 Å². The molecule has 0 heterocycles. The summed E-state index contributed by atoms with van der Waals surface area (Å²) in [6, 6.07) is 20.0. The average Bonchev–Trinajstić information content (AvgIpc) is 2.80. The highest BCUT2D eigenvalue weighted by Gasteiger charge is 2.15. The van der Waals surface area contributed by atoms with Crippen molar-refractivity contribution in [3.05, 3.63) is 105 Å². The molecule has 2 N–H and O–H groups in total. The summed E-state index contributed by atoms with van der Waals surface area (Å²) in [7, 11) is 3.85. The lowest BCUT2D eigenvalue weighted by Gasteiger charge is -2.12. The fourth-order valence-corrected chi connectivity index (χ4v) is 3.06. The molecule has 0 aromatic heterocycles. The third-order valence-electron chi connectivity index (χ3n) is 4.55. The fraction of sp³-hybridized carbons (Fsp3) is 0.0800. The predicted octanol–water partition coefficient (Wildman–Crippen LogP) is 4.58. The molecule has 0 fully saturated rings. The topological polar surface area (TPSA) is 73.8 Å². The maximum atomic E-state index is 13.5. The molecule has 0 saturated carbocycles. The van der Waals surface area contributed by atoms with Crippen LogP contribution in [0, 0.1) is 5.82 Å². The van der Waals surface area contributed by atoms with Gasteiger partial charge in [0.15, 0.2) is 0 Å². The first-order valence-corrected chi connectivity index (χ1v) is 10.8. The van der Waals surface area contributed by atoms with E-state index in [2.05, 4.69) is 31.8 Å². The molecule has 3 rings (SSSR count). The van der Waals surface area contributed by atoms with Gasteiger partial charge < -0.3 is 10.2 Å². The van der Waals surface area contributed by atoms with Gasteiger partial charge in [0.05, 0.1) is 6.21 Å². The number of hydrogen-bond acceptors (Lipinski definition) is 4. The Hall–Kier alpha value is -3.78. The van der Waals surface area contributed by atoms with Crippen LogP contribution in [0.3, 0.4) is 0 Å². The molecule has 168 valence electrons. The zero-order chi connectivity index (χ0) is 23.8. The minimum atomic E-state index is -0.621. The van der Waals surface area contributed by atoms with Gasteiger partial charge in [-0.25, -0.2) is 9.82 Å². The van der Waals surface area contributed by atoms with Crippen molar-refractivity contribution in [2.24, 2.45) is 5.10 Å². The van der Waals surface area contributed by atoms with Crippen molar-refractivity contribution < 1.29 is 14.0 Å². The van der Waals surface area contributed by atoms with E-state index in [-0.39, 0.29) is 11.3 Å². The van der Waals surface area contributed by atoms with E-state index < -0.39 is 17.6 Å². The lowest BCUT2D eigenvalue weighted by atomic mass is 10.1. The Balaban J connectivity index is 1.82. The van der Waals surface area contributed by atoms with Gasteiger partial charge in [0, 0.05) is 29.8 Å². The van der Waals surface area contributed by atoms with Gasteiger partial charge in [-0.15, -0.1) is 0 Å². The Kier molecular flexibility index (Phi) is 8.10. The molecule has 0 aliphatic heterocycles. The first-order chi connectivity index (χ1) is 15.8. The third kappa shape index (κ3) is 7.11. The third-order valence-corrected chi connectivity index (χ3v) is 5.08. The second-order valence-electron chi connectivity index (χ2n) is 7.26. The highest BCUT2D eigenvalue weighted by Crippen LogP contribution is 2.15. The molecule has 2 amide bonds. The number of benzene rings is 3. The van der Waals surface area contributed by atoms with Gasteiger partial charge >= 0.3 is 0 Å². The normalized spacial score (nSPS) is 11.3. The van der Waals surface area contributed by atoms with Gasteiger partial charge in [0.2, 0.25) is 0 Å². The number of nitrogens with zero attached hydrogens (tertiary/aromatic N) is 2. The smallest absolute Gasteiger partial charge is 0.287 e.